The number of benzene rings is 1. The first-order valence-electron chi connectivity index (χ1n) is 5.95. The Bertz CT molecular complexity index is 602. The molecule has 0 radical (unpaired) electrons. The zero-order valence-corrected chi connectivity index (χ0v) is 11.9. The average Bonchev–Trinajstić information content (AvgIpc) is 2.65. The quantitative estimate of drug-likeness (QED) is 0.824. The number of thiocarbonyl (C=S) groups is 1. The van der Waals surface area contributed by atoms with Crippen LogP contribution in [0.25, 0.3) is 0 Å². The van der Waals surface area contributed by atoms with Crippen LogP contribution in [0.15, 0.2) is 18.2 Å². The molecule has 1 aromatic rings. The van der Waals surface area contributed by atoms with E-state index in [0.717, 1.165) is 0 Å². The van der Waals surface area contributed by atoms with Gasteiger partial charge in [0.1, 0.15) is 10.8 Å². The first-order chi connectivity index (χ1) is 8.92. The van der Waals surface area contributed by atoms with Crippen LogP contribution in [0.1, 0.15) is 18.4 Å². The molecule has 1 fully saturated rings. The van der Waals surface area contributed by atoms with Crippen molar-refractivity contribution in [2.45, 2.75) is 18.1 Å². The van der Waals surface area contributed by atoms with Crippen molar-refractivity contribution in [3.8, 4) is 0 Å². The van der Waals surface area contributed by atoms with Gasteiger partial charge in [0, 0.05) is 12.2 Å². The van der Waals surface area contributed by atoms with Crippen molar-refractivity contribution >= 4 is 32.7 Å². The molecule has 0 aromatic heterocycles. The molecular formula is C12H15FN2O2S2. The van der Waals surface area contributed by atoms with Crippen LogP contribution in [-0.4, -0.2) is 31.0 Å². The molecular weight excluding hydrogens is 287 g/mol. The van der Waals surface area contributed by atoms with Gasteiger partial charge in [-0.15, -0.1) is 0 Å². The molecule has 0 aliphatic carbocycles. The average molecular weight is 302 g/mol. The maximum Gasteiger partial charge on any atom is 0.154 e. The monoisotopic (exact) mass is 302 g/mol. The van der Waals surface area contributed by atoms with Gasteiger partial charge in [0.2, 0.25) is 0 Å². The zero-order chi connectivity index (χ0) is 14.0. The minimum Gasteiger partial charge on any atom is -0.389 e. The van der Waals surface area contributed by atoms with Crippen molar-refractivity contribution in [2.75, 3.05) is 17.6 Å². The third kappa shape index (κ3) is 3.03. The number of hydrogen-bond donors (Lipinski definition) is 2. The molecule has 7 heteroatoms. The molecule has 0 bridgehead atoms. The van der Waals surface area contributed by atoms with E-state index in [0.29, 0.717) is 18.5 Å². The van der Waals surface area contributed by atoms with E-state index in [9.17, 15) is 12.8 Å². The van der Waals surface area contributed by atoms with Crippen LogP contribution in [0, 0.1) is 5.82 Å². The van der Waals surface area contributed by atoms with E-state index in [-0.39, 0.29) is 22.8 Å². The fourth-order valence-electron chi connectivity index (χ4n) is 2.23. The molecule has 1 aromatic carbocycles. The number of rotatable bonds is 4. The highest BCUT2D eigenvalue weighted by molar-refractivity contribution is 7.92. The van der Waals surface area contributed by atoms with Gasteiger partial charge in [0.05, 0.1) is 16.6 Å². The number of nitrogens with two attached hydrogens (primary N) is 1. The molecule has 1 aliphatic rings. The van der Waals surface area contributed by atoms with Crippen LogP contribution in [0.3, 0.4) is 0 Å². The molecule has 0 saturated carbocycles. The van der Waals surface area contributed by atoms with E-state index < -0.39 is 20.9 Å². The lowest BCUT2D eigenvalue weighted by Crippen LogP contribution is -2.26. The summed E-state index contributed by atoms with van der Waals surface area (Å²) >= 11 is 4.81. The highest BCUT2D eigenvalue weighted by Gasteiger charge is 2.31. The van der Waals surface area contributed by atoms with Gasteiger partial charge < -0.3 is 11.1 Å². The third-order valence-corrected chi connectivity index (χ3v) is 5.72. The molecule has 19 heavy (non-hydrogen) atoms. The van der Waals surface area contributed by atoms with Gasteiger partial charge in [0.25, 0.3) is 0 Å². The fraction of sp³-hybridized carbons (Fsp3) is 0.417. The number of halogens is 1. The molecule has 1 aliphatic heterocycles. The van der Waals surface area contributed by atoms with Crippen LogP contribution in [0.2, 0.25) is 0 Å². The maximum atomic E-state index is 13.6. The van der Waals surface area contributed by atoms with Crippen molar-refractivity contribution in [3.63, 3.8) is 0 Å². The fourth-order valence-corrected chi connectivity index (χ4v) is 4.21. The van der Waals surface area contributed by atoms with Gasteiger partial charge in [-0.3, -0.25) is 0 Å². The number of hydrogen-bond acceptors (Lipinski definition) is 4. The second-order valence-corrected chi connectivity index (χ2v) is 7.38. The van der Waals surface area contributed by atoms with Gasteiger partial charge in [-0.25, -0.2) is 12.8 Å². The van der Waals surface area contributed by atoms with Crippen molar-refractivity contribution in [1.82, 2.24) is 0 Å². The minimum atomic E-state index is -3.02. The maximum absolute atomic E-state index is 13.6. The molecule has 2 rings (SSSR count). The van der Waals surface area contributed by atoms with E-state index in [1.165, 1.54) is 12.1 Å². The van der Waals surface area contributed by atoms with E-state index in [1.54, 1.807) is 6.07 Å². The predicted octanol–water partition coefficient (Wildman–Crippen LogP) is 1.45. The van der Waals surface area contributed by atoms with Crippen LogP contribution in [0.5, 0.6) is 0 Å². The molecule has 0 spiro atoms. The first kappa shape index (κ1) is 14.2. The van der Waals surface area contributed by atoms with E-state index >= 15 is 0 Å². The summed E-state index contributed by atoms with van der Waals surface area (Å²) in [5.74, 6) is -0.281. The van der Waals surface area contributed by atoms with E-state index in [1.807, 2.05) is 0 Å². The van der Waals surface area contributed by atoms with Crippen molar-refractivity contribution < 1.29 is 12.8 Å². The first-order valence-corrected chi connectivity index (χ1v) is 8.08. The van der Waals surface area contributed by atoms with Crippen molar-refractivity contribution in [3.05, 3.63) is 29.6 Å². The van der Waals surface area contributed by atoms with Crippen LogP contribution >= 0.6 is 12.2 Å². The molecule has 1 unspecified atom stereocenters. The minimum absolute atomic E-state index is 0.0464. The van der Waals surface area contributed by atoms with Gasteiger partial charge in [-0.05, 0) is 25.0 Å². The summed E-state index contributed by atoms with van der Waals surface area (Å²) in [5, 5.41) is 2.52. The standard InChI is InChI=1S/C12H15FN2O2S2/c13-9-4-1-5-10(11(9)12(14)18)15-7-8-3-2-6-19(8,16)17/h1,4-5,8,15H,2-3,6-7H2,(H2,14,18). The van der Waals surface area contributed by atoms with E-state index in [4.69, 9.17) is 18.0 Å². The van der Waals surface area contributed by atoms with Crippen molar-refractivity contribution in [2.24, 2.45) is 5.73 Å². The van der Waals surface area contributed by atoms with Gasteiger partial charge >= 0.3 is 0 Å². The molecule has 1 heterocycles. The predicted molar refractivity (Wildman–Crippen MR) is 77.6 cm³/mol. The Morgan fingerprint density at radius 2 is 2.26 bits per heavy atom. The summed E-state index contributed by atoms with van der Waals surface area (Å²) in [7, 11) is -3.02. The lowest BCUT2D eigenvalue weighted by Gasteiger charge is -2.15. The van der Waals surface area contributed by atoms with Crippen LogP contribution < -0.4 is 11.1 Å². The molecule has 104 valence electrons. The molecule has 0 amide bonds. The molecule has 1 atom stereocenters. The van der Waals surface area contributed by atoms with E-state index in [2.05, 4.69) is 5.32 Å². The lowest BCUT2D eigenvalue weighted by atomic mass is 10.1. The highest BCUT2D eigenvalue weighted by Crippen LogP contribution is 2.23. The SMILES string of the molecule is NC(=S)c1c(F)cccc1NCC1CCCS1(=O)=O. The topological polar surface area (TPSA) is 72.2 Å². The van der Waals surface area contributed by atoms with Crippen LogP contribution in [-0.2, 0) is 9.84 Å². The smallest absolute Gasteiger partial charge is 0.154 e. The third-order valence-electron chi connectivity index (χ3n) is 3.24. The van der Waals surface area contributed by atoms with Crippen molar-refractivity contribution in [1.29, 1.82) is 0 Å². The number of nitrogens with one attached hydrogen (secondary N) is 1. The number of anilines is 1. The van der Waals surface area contributed by atoms with Crippen LogP contribution in [0.4, 0.5) is 10.1 Å². The zero-order valence-electron chi connectivity index (χ0n) is 10.2. The number of sulfone groups is 1. The normalized spacial score (nSPS) is 21.2. The molecule has 4 nitrogen and oxygen atoms in total. The summed E-state index contributed by atoms with van der Waals surface area (Å²) in [5.41, 5.74) is 6.06. The Hall–Kier alpha value is -1.21. The Balaban J connectivity index is 2.16. The summed E-state index contributed by atoms with van der Waals surface area (Å²) in [6, 6.07) is 4.44. The van der Waals surface area contributed by atoms with Gasteiger partial charge in [-0.1, -0.05) is 18.3 Å². The summed E-state index contributed by atoms with van der Waals surface area (Å²) in [6.07, 6.45) is 1.31. The Morgan fingerprint density at radius 3 is 2.84 bits per heavy atom. The Morgan fingerprint density at radius 1 is 1.53 bits per heavy atom. The largest absolute Gasteiger partial charge is 0.389 e. The second-order valence-electron chi connectivity index (χ2n) is 4.54. The Labute approximate surface area is 117 Å². The molecule has 1 saturated heterocycles. The summed E-state index contributed by atoms with van der Waals surface area (Å²) in [6.45, 7) is 0.251. The van der Waals surface area contributed by atoms with Gasteiger partial charge in [0.15, 0.2) is 9.84 Å². The molecule has 3 N–H and O–H groups in total. The van der Waals surface area contributed by atoms with Gasteiger partial charge in [-0.2, -0.15) is 0 Å². The summed E-state index contributed by atoms with van der Waals surface area (Å²) in [4.78, 5) is -0.0464. The Kier molecular flexibility index (Phi) is 4.05. The second kappa shape index (κ2) is 5.42. The summed E-state index contributed by atoms with van der Waals surface area (Å²) < 4.78 is 37.0. The highest BCUT2D eigenvalue weighted by atomic mass is 32.2. The lowest BCUT2D eigenvalue weighted by molar-refractivity contribution is 0.591.